The van der Waals surface area contributed by atoms with Gasteiger partial charge in [-0.25, -0.2) is 0 Å². The molecule has 5 nitrogen and oxygen atoms in total. The van der Waals surface area contributed by atoms with Crippen LogP contribution in [0.4, 0.5) is 0 Å². The minimum absolute atomic E-state index is 0.106. The van der Waals surface area contributed by atoms with E-state index in [1.807, 2.05) is 18.2 Å². The van der Waals surface area contributed by atoms with Crippen LogP contribution in [0.1, 0.15) is 31.9 Å². The zero-order chi connectivity index (χ0) is 14.7. The Hall–Kier alpha value is -1.91. The van der Waals surface area contributed by atoms with Crippen molar-refractivity contribution in [3.05, 3.63) is 23.8 Å². The summed E-state index contributed by atoms with van der Waals surface area (Å²) in [5.41, 5.74) is 7.12. The van der Waals surface area contributed by atoms with E-state index in [-0.39, 0.29) is 6.04 Å². The largest absolute Gasteiger partial charge is 0.497 e. The van der Waals surface area contributed by atoms with E-state index in [0.29, 0.717) is 18.5 Å². The first-order chi connectivity index (χ1) is 9.62. The van der Waals surface area contributed by atoms with E-state index < -0.39 is 0 Å². The molecule has 1 aliphatic rings. The normalized spacial score (nSPS) is 19.7. The molecule has 0 bridgehead atoms. The van der Waals surface area contributed by atoms with Crippen LogP contribution in [0, 0.1) is 0 Å². The van der Waals surface area contributed by atoms with Gasteiger partial charge in [0.25, 0.3) is 0 Å². The highest BCUT2D eigenvalue weighted by atomic mass is 16.5. The third-order valence-corrected chi connectivity index (χ3v) is 3.89. The van der Waals surface area contributed by atoms with Gasteiger partial charge in [-0.2, -0.15) is 0 Å². The van der Waals surface area contributed by atoms with Gasteiger partial charge in [-0.05, 0) is 31.5 Å². The molecular weight excluding hydrogens is 254 g/mol. The summed E-state index contributed by atoms with van der Waals surface area (Å²) in [6.45, 7) is 4.96. The number of aliphatic imine (C=N–C) groups is 1. The number of ether oxygens (including phenoxy) is 2. The van der Waals surface area contributed by atoms with Crippen LogP contribution < -0.4 is 15.2 Å². The molecule has 0 radical (unpaired) electrons. The topological polar surface area (TPSA) is 60.1 Å². The summed E-state index contributed by atoms with van der Waals surface area (Å²) >= 11 is 0. The smallest absolute Gasteiger partial charge is 0.192 e. The summed E-state index contributed by atoms with van der Waals surface area (Å²) in [7, 11) is 3.34. The van der Waals surface area contributed by atoms with Crippen molar-refractivity contribution in [1.82, 2.24) is 4.90 Å². The Balaban J connectivity index is 2.39. The average Bonchev–Trinajstić information content (AvgIpc) is 2.87. The molecule has 2 N–H and O–H groups in total. The number of guanidine groups is 1. The maximum absolute atomic E-state index is 6.05. The summed E-state index contributed by atoms with van der Waals surface area (Å²) in [4.78, 5) is 6.56. The fourth-order valence-corrected chi connectivity index (χ4v) is 2.59. The minimum Gasteiger partial charge on any atom is -0.497 e. The van der Waals surface area contributed by atoms with Crippen molar-refractivity contribution >= 4 is 5.96 Å². The van der Waals surface area contributed by atoms with Crippen molar-refractivity contribution in [2.24, 2.45) is 10.7 Å². The molecular formula is C15H23N3O2. The molecule has 1 aliphatic heterocycles. The van der Waals surface area contributed by atoms with Crippen LogP contribution in [0.5, 0.6) is 11.5 Å². The predicted molar refractivity (Wildman–Crippen MR) is 80.4 cm³/mol. The number of methoxy groups -OCH3 is 2. The zero-order valence-electron chi connectivity index (χ0n) is 12.6. The lowest BCUT2D eigenvalue weighted by Gasteiger charge is -2.32. The van der Waals surface area contributed by atoms with Crippen molar-refractivity contribution in [2.75, 3.05) is 20.8 Å². The van der Waals surface area contributed by atoms with Gasteiger partial charge in [-0.1, -0.05) is 6.92 Å². The number of nitrogens with zero attached hydrogens (tertiary/aromatic N) is 2. The van der Waals surface area contributed by atoms with Gasteiger partial charge in [0.05, 0.1) is 26.8 Å². The third kappa shape index (κ3) is 2.53. The molecule has 0 saturated heterocycles. The van der Waals surface area contributed by atoms with Gasteiger partial charge >= 0.3 is 0 Å². The molecule has 0 spiro atoms. The fourth-order valence-electron chi connectivity index (χ4n) is 2.59. The fraction of sp³-hybridized carbons (Fsp3) is 0.533. The lowest BCUT2D eigenvalue weighted by atomic mass is 10.0. The van der Waals surface area contributed by atoms with Crippen molar-refractivity contribution in [3.63, 3.8) is 0 Å². The molecule has 0 aliphatic carbocycles. The summed E-state index contributed by atoms with van der Waals surface area (Å²) < 4.78 is 10.8. The second kappa shape index (κ2) is 6.03. The number of hydrogen-bond acceptors (Lipinski definition) is 5. The Labute approximate surface area is 120 Å². The minimum atomic E-state index is 0.106. The van der Waals surface area contributed by atoms with Crippen LogP contribution in [0.15, 0.2) is 23.2 Å². The number of nitrogens with two attached hydrogens (primary N) is 1. The molecule has 2 atom stereocenters. The van der Waals surface area contributed by atoms with Crippen LogP contribution in [-0.2, 0) is 0 Å². The maximum atomic E-state index is 6.05. The second-order valence-corrected chi connectivity index (χ2v) is 4.99. The van der Waals surface area contributed by atoms with Crippen LogP contribution in [0.25, 0.3) is 0 Å². The molecule has 1 heterocycles. The van der Waals surface area contributed by atoms with E-state index >= 15 is 0 Å². The van der Waals surface area contributed by atoms with Crippen LogP contribution in [0.3, 0.4) is 0 Å². The first-order valence-electron chi connectivity index (χ1n) is 6.92. The molecule has 5 heteroatoms. The van der Waals surface area contributed by atoms with Crippen LogP contribution in [0.2, 0.25) is 0 Å². The lowest BCUT2D eigenvalue weighted by Crippen LogP contribution is -2.42. The first kappa shape index (κ1) is 14.5. The van der Waals surface area contributed by atoms with E-state index in [1.54, 1.807) is 14.2 Å². The summed E-state index contributed by atoms with van der Waals surface area (Å²) in [5.74, 6) is 2.26. The number of benzene rings is 1. The zero-order valence-corrected chi connectivity index (χ0v) is 12.6. The SMILES string of the molecule is CCC(C)N1C(N)=NCC1c1cc(OC)ccc1OC. The molecule has 2 unspecified atom stereocenters. The highest BCUT2D eigenvalue weighted by Crippen LogP contribution is 2.36. The highest BCUT2D eigenvalue weighted by molar-refractivity contribution is 5.81. The Kier molecular flexibility index (Phi) is 4.37. The molecule has 0 amide bonds. The maximum Gasteiger partial charge on any atom is 0.192 e. The second-order valence-electron chi connectivity index (χ2n) is 4.99. The number of rotatable bonds is 5. The van der Waals surface area contributed by atoms with Crippen LogP contribution in [-0.4, -0.2) is 37.7 Å². The van der Waals surface area contributed by atoms with Crippen molar-refractivity contribution in [3.8, 4) is 11.5 Å². The monoisotopic (exact) mass is 277 g/mol. The van der Waals surface area contributed by atoms with E-state index in [2.05, 4.69) is 23.7 Å². The summed E-state index contributed by atoms with van der Waals surface area (Å²) in [5, 5.41) is 0. The van der Waals surface area contributed by atoms with E-state index in [4.69, 9.17) is 15.2 Å². The molecule has 2 rings (SSSR count). The predicted octanol–water partition coefficient (Wildman–Crippen LogP) is 2.17. The van der Waals surface area contributed by atoms with Gasteiger partial charge in [0.15, 0.2) is 5.96 Å². The Morgan fingerprint density at radius 2 is 2.15 bits per heavy atom. The summed E-state index contributed by atoms with van der Waals surface area (Å²) in [6, 6.07) is 6.27. The van der Waals surface area contributed by atoms with Gasteiger partial charge in [-0.15, -0.1) is 0 Å². The van der Waals surface area contributed by atoms with E-state index in [9.17, 15) is 0 Å². The van der Waals surface area contributed by atoms with E-state index in [1.165, 1.54) is 0 Å². The van der Waals surface area contributed by atoms with Crippen molar-refractivity contribution < 1.29 is 9.47 Å². The first-order valence-corrected chi connectivity index (χ1v) is 6.92. The molecule has 0 fully saturated rings. The number of hydrogen-bond donors (Lipinski definition) is 1. The molecule has 1 aromatic rings. The average molecular weight is 277 g/mol. The molecule has 20 heavy (non-hydrogen) atoms. The molecule has 0 saturated carbocycles. The standard InChI is InChI=1S/C15H23N3O2/c1-5-10(2)18-13(9-17-15(18)16)12-8-11(19-3)6-7-14(12)20-4/h6-8,10,13H,5,9H2,1-4H3,(H2,16,17). The Morgan fingerprint density at radius 3 is 2.75 bits per heavy atom. The quantitative estimate of drug-likeness (QED) is 0.896. The van der Waals surface area contributed by atoms with Crippen molar-refractivity contribution in [2.45, 2.75) is 32.4 Å². The Morgan fingerprint density at radius 1 is 1.40 bits per heavy atom. The van der Waals surface area contributed by atoms with Crippen LogP contribution >= 0.6 is 0 Å². The van der Waals surface area contributed by atoms with Gasteiger partial charge < -0.3 is 20.1 Å². The lowest BCUT2D eigenvalue weighted by molar-refractivity contribution is 0.261. The van der Waals surface area contributed by atoms with Crippen molar-refractivity contribution in [1.29, 1.82) is 0 Å². The third-order valence-electron chi connectivity index (χ3n) is 3.89. The van der Waals surface area contributed by atoms with Gasteiger partial charge in [-0.3, -0.25) is 4.99 Å². The van der Waals surface area contributed by atoms with E-state index in [0.717, 1.165) is 23.5 Å². The summed E-state index contributed by atoms with van der Waals surface area (Å²) in [6.07, 6.45) is 1.01. The highest BCUT2D eigenvalue weighted by Gasteiger charge is 2.32. The Bertz CT molecular complexity index is 502. The van der Waals surface area contributed by atoms with Gasteiger partial charge in [0.1, 0.15) is 11.5 Å². The van der Waals surface area contributed by atoms with Gasteiger partial charge in [0, 0.05) is 11.6 Å². The van der Waals surface area contributed by atoms with Gasteiger partial charge in [0.2, 0.25) is 0 Å². The molecule has 0 aromatic heterocycles. The molecule has 1 aromatic carbocycles. The molecule has 110 valence electrons.